The number of aliphatic hydroxyl groups is 1. The summed E-state index contributed by atoms with van der Waals surface area (Å²) in [5.74, 6) is -0.0243. The summed E-state index contributed by atoms with van der Waals surface area (Å²) in [4.78, 5) is 13.8. The highest BCUT2D eigenvalue weighted by atomic mass is 35.5. The second kappa shape index (κ2) is 6.06. The average molecular weight is 285 g/mol. The summed E-state index contributed by atoms with van der Waals surface area (Å²) >= 11 is 0. The number of H-pyrrole nitrogens is 1. The third kappa shape index (κ3) is 2.89. The van der Waals surface area contributed by atoms with E-state index in [0.717, 1.165) is 0 Å². The fraction of sp³-hybridized carbons (Fsp3) is 0.308. The number of pyridine rings is 1. The molecule has 5 nitrogen and oxygen atoms in total. The van der Waals surface area contributed by atoms with Crippen molar-refractivity contribution in [2.45, 2.75) is 25.5 Å². The zero-order valence-corrected chi connectivity index (χ0v) is 11.3. The number of aromatic nitrogens is 1. The fourth-order valence-electron chi connectivity index (χ4n) is 1.97. The molecule has 19 heavy (non-hydrogen) atoms. The third-order valence-electron chi connectivity index (χ3n) is 3.10. The molecule has 5 N–H and O–H groups in total. The number of hydrogen-bond acceptors (Lipinski definition) is 4. The van der Waals surface area contributed by atoms with Crippen molar-refractivity contribution in [3.63, 3.8) is 0 Å². The van der Waals surface area contributed by atoms with E-state index in [2.05, 4.69) is 4.98 Å². The lowest BCUT2D eigenvalue weighted by Crippen LogP contribution is -2.27. The van der Waals surface area contributed by atoms with Crippen LogP contribution in [-0.2, 0) is 0 Å². The quantitative estimate of drug-likeness (QED) is 0.685. The highest BCUT2D eigenvalue weighted by Crippen LogP contribution is 2.30. The molecule has 0 saturated heterocycles. The molecule has 0 aliphatic rings. The number of aromatic hydroxyl groups is 1. The van der Waals surface area contributed by atoms with Crippen molar-refractivity contribution in [2.75, 3.05) is 0 Å². The van der Waals surface area contributed by atoms with E-state index < -0.39 is 6.10 Å². The zero-order chi connectivity index (χ0) is 13.3. The maximum absolute atomic E-state index is 11.3. The molecule has 0 spiro atoms. The molecule has 0 aliphatic carbocycles. The number of aliphatic hydroxyl groups excluding tert-OH is 1. The van der Waals surface area contributed by atoms with Crippen molar-refractivity contribution in [1.29, 1.82) is 0 Å². The first-order valence-corrected chi connectivity index (χ1v) is 5.83. The summed E-state index contributed by atoms with van der Waals surface area (Å²) in [5.41, 5.74) is 6.45. The Kier molecular flexibility index (Phi) is 4.94. The van der Waals surface area contributed by atoms with Crippen LogP contribution >= 0.6 is 12.4 Å². The first-order valence-electron chi connectivity index (χ1n) is 5.83. The van der Waals surface area contributed by atoms with Crippen LogP contribution in [0.15, 0.2) is 29.1 Å². The van der Waals surface area contributed by atoms with Crippen LogP contribution in [0.3, 0.4) is 0 Å². The molecule has 1 heterocycles. The molecule has 2 aromatic rings. The smallest absolute Gasteiger partial charge is 0.248 e. The molecule has 0 saturated carbocycles. The minimum Gasteiger partial charge on any atom is -0.506 e. The van der Waals surface area contributed by atoms with E-state index in [1.54, 1.807) is 12.1 Å². The summed E-state index contributed by atoms with van der Waals surface area (Å²) in [6, 6.07) is 5.62. The number of fused-ring (bicyclic) bond motifs is 1. The Bertz CT molecular complexity index is 627. The molecule has 0 fully saturated rings. The van der Waals surface area contributed by atoms with Crippen LogP contribution in [0, 0.1) is 0 Å². The molecule has 104 valence electrons. The number of hydrogen-bond donors (Lipinski definition) is 4. The van der Waals surface area contributed by atoms with Crippen LogP contribution in [0.25, 0.3) is 10.9 Å². The molecule has 2 unspecified atom stereocenters. The number of phenolic OH excluding ortho intramolecular Hbond substituents is 1. The van der Waals surface area contributed by atoms with Crippen LogP contribution in [0.2, 0.25) is 0 Å². The second-order valence-corrected chi connectivity index (χ2v) is 4.30. The third-order valence-corrected chi connectivity index (χ3v) is 3.10. The van der Waals surface area contributed by atoms with Crippen LogP contribution in [0.4, 0.5) is 0 Å². The van der Waals surface area contributed by atoms with E-state index in [0.29, 0.717) is 22.9 Å². The van der Waals surface area contributed by atoms with Gasteiger partial charge in [-0.15, -0.1) is 12.4 Å². The molecule has 1 aromatic heterocycles. The van der Waals surface area contributed by atoms with Gasteiger partial charge in [-0.05, 0) is 24.1 Å². The van der Waals surface area contributed by atoms with Crippen LogP contribution in [0.1, 0.15) is 25.0 Å². The Labute approximate surface area is 116 Å². The number of benzene rings is 1. The Hall–Kier alpha value is -1.56. The minimum atomic E-state index is -0.830. The monoisotopic (exact) mass is 284 g/mol. The van der Waals surface area contributed by atoms with E-state index >= 15 is 0 Å². The van der Waals surface area contributed by atoms with Gasteiger partial charge in [-0.3, -0.25) is 4.79 Å². The van der Waals surface area contributed by atoms with Gasteiger partial charge in [-0.2, -0.15) is 0 Å². The van der Waals surface area contributed by atoms with Gasteiger partial charge in [0.2, 0.25) is 5.56 Å². The molecule has 0 radical (unpaired) electrons. The van der Waals surface area contributed by atoms with Gasteiger partial charge in [0.1, 0.15) is 5.75 Å². The number of phenols is 1. The minimum absolute atomic E-state index is 0. The van der Waals surface area contributed by atoms with Gasteiger partial charge in [0, 0.05) is 17.5 Å². The Balaban J connectivity index is 0.00000180. The molecule has 6 heteroatoms. The van der Waals surface area contributed by atoms with E-state index in [1.807, 2.05) is 6.92 Å². The van der Waals surface area contributed by atoms with Crippen molar-refractivity contribution >= 4 is 23.3 Å². The predicted molar refractivity (Wildman–Crippen MR) is 76.7 cm³/mol. The standard InChI is InChI=1S/C13H16N2O3.ClH/c1-2-9(14)13(18)8-3-5-10(16)12-7(8)4-6-11(17)15-12;/h3-6,9,13,16,18H,2,14H2,1H3,(H,15,17);1H. The van der Waals surface area contributed by atoms with Gasteiger partial charge in [0.25, 0.3) is 0 Å². The number of halogens is 1. The van der Waals surface area contributed by atoms with Crippen LogP contribution < -0.4 is 11.3 Å². The van der Waals surface area contributed by atoms with E-state index in [9.17, 15) is 15.0 Å². The molecule has 0 bridgehead atoms. The SMILES string of the molecule is CCC(N)C(O)c1ccc(O)c2[nH]c(=O)ccc12.Cl. The summed E-state index contributed by atoms with van der Waals surface area (Å²) in [7, 11) is 0. The van der Waals surface area contributed by atoms with E-state index in [1.165, 1.54) is 12.1 Å². The van der Waals surface area contributed by atoms with Crippen molar-refractivity contribution < 1.29 is 10.2 Å². The molecule has 2 atom stereocenters. The van der Waals surface area contributed by atoms with Crippen LogP contribution in [0.5, 0.6) is 5.75 Å². The summed E-state index contributed by atoms with van der Waals surface area (Å²) < 4.78 is 0. The zero-order valence-electron chi connectivity index (χ0n) is 10.5. The summed E-state index contributed by atoms with van der Waals surface area (Å²) in [5, 5.41) is 20.5. The first-order chi connectivity index (χ1) is 8.54. The Morgan fingerprint density at radius 1 is 1.32 bits per heavy atom. The number of nitrogens with two attached hydrogens (primary N) is 1. The number of rotatable bonds is 3. The fourth-order valence-corrected chi connectivity index (χ4v) is 1.97. The second-order valence-electron chi connectivity index (χ2n) is 4.30. The van der Waals surface area contributed by atoms with E-state index in [-0.39, 0.29) is 29.8 Å². The maximum Gasteiger partial charge on any atom is 0.248 e. The molecule has 2 rings (SSSR count). The summed E-state index contributed by atoms with van der Waals surface area (Å²) in [6.45, 7) is 1.89. The van der Waals surface area contributed by atoms with Crippen LogP contribution in [-0.4, -0.2) is 21.2 Å². The highest BCUT2D eigenvalue weighted by molar-refractivity contribution is 5.87. The molecule has 1 aromatic carbocycles. The Morgan fingerprint density at radius 3 is 2.63 bits per heavy atom. The van der Waals surface area contributed by atoms with Crippen molar-refractivity contribution in [1.82, 2.24) is 4.98 Å². The van der Waals surface area contributed by atoms with Gasteiger partial charge in [0.05, 0.1) is 11.6 Å². The van der Waals surface area contributed by atoms with Crippen molar-refractivity contribution in [3.8, 4) is 5.75 Å². The molecule has 0 amide bonds. The number of nitrogens with one attached hydrogen (secondary N) is 1. The molecular weight excluding hydrogens is 268 g/mol. The predicted octanol–water partition coefficient (Wildman–Crippen LogP) is 1.43. The molecular formula is C13H17ClN2O3. The maximum atomic E-state index is 11.3. The topological polar surface area (TPSA) is 99.3 Å². The van der Waals surface area contributed by atoms with E-state index in [4.69, 9.17) is 5.73 Å². The van der Waals surface area contributed by atoms with Gasteiger partial charge in [0.15, 0.2) is 0 Å². The molecule has 0 aliphatic heterocycles. The number of aromatic amines is 1. The Morgan fingerprint density at radius 2 is 2.00 bits per heavy atom. The lowest BCUT2D eigenvalue weighted by molar-refractivity contribution is 0.146. The average Bonchev–Trinajstić information content (AvgIpc) is 2.38. The largest absolute Gasteiger partial charge is 0.506 e. The van der Waals surface area contributed by atoms with Gasteiger partial charge in [-0.1, -0.05) is 13.0 Å². The van der Waals surface area contributed by atoms with Crippen molar-refractivity contribution in [2.24, 2.45) is 5.73 Å². The summed E-state index contributed by atoms with van der Waals surface area (Å²) in [6.07, 6.45) is -0.198. The first kappa shape index (κ1) is 15.5. The van der Waals surface area contributed by atoms with Gasteiger partial charge >= 0.3 is 0 Å². The highest BCUT2D eigenvalue weighted by Gasteiger charge is 2.18. The van der Waals surface area contributed by atoms with Crippen molar-refractivity contribution in [3.05, 3.63) is 40.2 Å². The normalized spacial score (nSPS) is 13.8. The van der Waals surface area contributed by atoms with Gasteiger partial charge < -0.3 is 20.9 Å². The lowest BCUT2D eigenvalue weighted by Gasteiger charge is -2.19. The van der Waals surface area contributed by atoms with Gasteiger partial charge in [-0.25, -0.2) is 0 Å². The lowest BCUT2D eigenvalue weighted by atomic mass is 9.97.